The van der Waals surface area contributed by atoms with Crippen LogP contribution in [-0.2, 0) is 17.4 Å². The average molecular weight is 603 g/mol. The first kappa shape index (κ1) is 31.0. The lowest BCUT2D eigenvalue weighted by Gasteiger charge is -2.30. The number of allylic oxidation sites excluding steroid dienone is 1. The Kier molecular flexibility index (Phi) is 8.62. The number of aliphatic hydroxyl groups is 1. The molecule has 2 unspecified atom stereocenters. The van der Waals surface area contributed by atoms with Gasteiger partial charge in [-0.1, -0.05) is 24.1 Å². The Morgan fingerprint density at radius 1 is 1.05 bits per heavy atom. The van der Waals surface area contributed by atoms with Gasteiger partial charge in [0, 0.05) is 17.6 Å². The Bertz CT molecular complexity index is 1410. The smallest absolute Gasteiger partial charge is 0.419 e. The summed E-state index contributed by atoms with van der Waals surface area (Å²) in [4.78, 5) is 27.5. The van der Waals surface area contributed by atoms with E-state index in [-0.39, 0.29) is 17.5 Å². The third-order valence-corrected chi connectivity index (χ3v) is 9.15. The molecule has 232 valence electrons. The third-order valence-electron chi connectivity index (χ3n) is 9.15. The summed E-state index contributed by atoms with van der Waals surface area (Å²) >= 11 is 0. The number of amides is 2. The number of rotatable bonds is 9. The molecule has 4 atom stereocenters. The number of hydrogen-bond acceptors (Lipinski definition) is 4. The van der Waals surface area contributed by atoms with E-state index in [1.165, 1.54) is 7.11 Å². The van der Waals surface area contributed by atoms with Crippen molar-refractivity contribution < 1.29 is 37.0 Å². The topological polar surface area (TPSA) is 87.7 Å². The van der Waals surface area contributed by atoms with Crippen molar-refractivity contribution in [3.05, 3.63) is 70.6 Å². The van der Waals surface area contributed by atoms with Crippen molar-refractivity contribution in [1.82, 2.24) is 5.32 Å². The van der Waals surface area contributed by atoms with Crippen LogP contribution in [0.1, 0.15) is 73.9 Å². The Balaban J connectivity index is 1.42. The van der Waals surface area contributed by atoms with E-state index in [1.54, 1.807) is 26.0 Å². The van der Waals surface area contributed by atoms with Crippen molar-refractivity contribution in [2.45, 2.75) is 76.6 Å². The summed E-state index contributed by atoms with van der Waals surface area (Å²) < 4.78 is 59.4. The number of anilines is 1. The van der Waals surface area contributed by atoms with Gasteiger partial charge in [0.05, 0.1) is 29.8 Å². The van der Waals surface area contributed by atoms with Crippen LogP contribution in [0.5, 0.6) is 5.75 Å². The molecule has 2 bridgehead atoms. The average Bonchev–Trinajstić information content (AvgIpc) is 3.44. The number of nitrogens with one attached hydrogen (secondary N) is 2. The van der Waals surface area contributed by atoms with Gasteiger partial charge in [0.1, 0.15) is 11.6 Å². The number of hydrogen-bond donors (Lipinski definition) is 3. The van der Waals surface area contributed by atoms with Crippen molar-refractivity contribution in [3.63, 3.8) is 0 Å². The van der Waals surface area contributed by atoms with Gasteiger partial charge in [0.15, 0.2) is 0 Å². The van der Waals surface area contributed by atoms with Crippen LogP contribution < -0.4 is 15.4 Å². The van der Waals surface area contributed by atoms with Gasteiger partial charge in [0.25, 0.3) is 5.91 Å². The minimum Gasteiger partial charge on any atom is -0.496 e. The molecule has 0 saturated heterocycles. The van der Waals surface area contributed by atoms with E-state index < -0.39 is 46.9 Å². The van der Waals surface area contributed by atoms with Crippen molar-refractivity contribution in [3.8, 4) is 5.75 Å². The molecule has 6 nitrogen and oxygen atoms in total. The first-order valence-corrected chi connectivity index (χ1v) is 14.8. The summed E-state index contributed by atoms with van der Waals surface area (Å²) in [6.45, 7) is 3.43. The molecule has 3 fully saturated rings. The summed E-state index contributed by atoms with van der Waals surface area (Å²) in [5.74, 6) is -2.49. The molecular formula is C33H38F4N2O4. The van der Waals surface area contributed by atoms with Crippen LogP contribution in [0.4, 0.5) is 23.2 Å². The van der Waals surface area contributed by atoms with E-state index in [9.17, 15) is 32.3 Å². The summed E-state index contributed by atoms with van der Waals surface area (Å²) in [5, 5.41) is 15.8. The van der Waals surface area contributed by atoms with E-state index in [0.717, 1.165) is 49.3 Å². The summed E-state index contributed by atoms with van der Waals surface area (Å²) in [6, 6.07) is 7.09. The van der Waals surface area contributed by atoms with Gasteiger partial charge in [-0.25, -0.2) is 4.39 Å². The Morgan fingerprint density at radius 3 is 2.40 bits per heavy atom. The quantitative estimate of drug-likeness (QED) is 0.221. The number of alkyl halides is 3. The first-order chi connectivity index (χ1) is 20.2. The van der Waals surface area contributed by atoms with E-state index >= 15 is 0 Å². The maximum Gasteiger partial charge on any atom is 0.419 e. The second-order valence-corrected chi connectivity index (χ2v) is 12.7. The van der Waals surface area contributed by atoms with Crippen molar-refractivity contribution in [1.29, 1.82) is 0 Å². The lowest BCUT2D eigenvalue weighted by molar-refractivity contribution is -0.140. The van der Waals surface area contributed by atoms with E-state index in [1.807, 2.05) is 6.07 Å². The molecule has 5 rings (SSSR count). The lowest BCUT2D eigenvalue weighted by Crippen LogP contribution is -2.48. The van der Waals surface area contributed by atoms with E-state index in [2.05, 4.69) is 16.7 Å². The molecule has 0 radical (unpaired) electrons. The molecule has 2 amide bonds. The highest BCUT2D eigenvalue weighted by atomic mass is 19.4. The second kappa shape index (κ2) is 11.9. The van der Waals surface area contributed by atoms with Gasteiger partial charge in [-0.15, -0.1) is 0 Å². The van der Waals surface area contributed by atoms with Crippen molar-refractivity contribution in [2.75, 3.05) is 12.4 Å². The van der Waals surface area contributed by atoms with Crippen LogP contribution in [0.25, 0.3) is 0 Å². The number of fused-ring (bicyclic) bond motifs is 2. The maximum absolute atomic E-state index is 13.9. The number of benzene rings is 2. The Morgan fingerprint density at radius 2 is 1.77 bits per heavy atom. The van der Waals surface area contributed by atoms with Gasteiger partial charge in [0.2, 0.25) is 5.91 Å². The summed E-state index contributed by atoms with van der Waals surface area (Å²) in [5.41, 5.74) is -0.201. The van der Waals surface area contributed by atoms with Crippen LogP contribution in [-0.4, -0.2) is 35.7 Å². The number of methoxy groups -OCH3 is 1. The Hall–Kier alpha value is -3.40. The summed E-state index contributed by atoms with van der Waals surface area (Å²) in [7, 11) is 1.47. The zero-order chi connectivity index (χ0) is 31.1. The highest BCUT2D eigenvalue weighted by Crippen LogP contribution is 2.54. The first-order valence-electron chi connectivity index (χ1n) is 14.8. The maximum atomic E-state index is 13.9. The standard InChI is InChI=1S/C33H38F4N2O4/c1-32(2,42)14-13-19-7-12-27(43-3)24(16-19)30(40)39-29-22-10-9-21(23(22)15-18-5-4-6-18)28(29)31(41)38-20-8-11-26(34)25(17-20)33(35,36)37/h7-8,11-12,15-18,21-22,28-29,42H,4-6,9-10,13-14H2,1-3H3,(H,38,41)(H,39,40)/b23-15-/t21?,22?,28-,29+/m0/s1. The minimum atomic E-state index is -4.91. The van der Waals surface area contributed by atoms with Crippen LogP contribution in [0.2, 0.25) is 0 Å². The molecule has 0 aliphatic heterocycles. The number of ether oxygens (including phenoxy) is 1. The molecule has 10 heteroatoms. The molecule has 43 heavy (non-hydrogen) atoms. The zero-order valence-corrected chi connectivity index (χ0v) is 24.6. The molecule has 2 aromatic rings. The fourth-order valence-corrected chi connectivity index (χ4v) is 6.72. The molecule has 0 spiro atoms. The number of carbonyl (C=O) groups excluding carboxylic acids is 2. The Labute approximate surface area is 248 Å². The van der Waals surface area contributed by atoms with Crippen LogP contribution in [0.3, 0.4) is 0 Å². The highest BCUT2D eigenvalue weighted by molar-refractivity contribution is 5.99. The molecule has 3 saturated carbocycles. The molecule has 3 aliphatic rings. The van der Waals surface area contributed by atoms with Crippen LogP contribution >= 0.6 is 0 Å². The normalized spacial score (nSPS) is 24.6. The molecular weight excluding hydrogens is 564 g/mol. The third kappa shape index (κ3) is 6.74. The lowest BCUT2D eigenvalue weighted by atomic mass is 9.82. The predicted molar refractivity (Wildman–Crippen MR) is 154 cm³/mol. The van der Waals surface area contributed by atoms with Gasteiger partial charge in [-0.3, -0.25) is 9.59 Å². The monoisotopic (exact) mass is 602 g/mol. The second-order valence-electron chi connectivity index (χ2n) is 12.7. The van der Waals surface area contributed by atoms with E-state index in [4.69, 9.17) is 4.74 Å². The molecule has 0 heterocycles. The van der Waals surface area contributed by atoms with Gasteiger partial charge in [-0.05, 0) is 100 Å². The predicted octanol–water partition coefficient (Wildman–Crippen LogP) is 6.68. The highest BCUT2D eigenvalue weighted by Gasteiger charge is 2.55. The molecule has 2 aromatic carbocycles. The van der Waals surface area contributed by atoms with E-state index in [0.29, 0.717) is 42.2 Å². The number of carbonyl (C=O) groups is 2. The van der Waals surface area contributed by atoms with Gasteiger partial charge < -0.3 is 20.5 Å². The van der Waals surface area contributed by atoms with Gasteiger partial charge in [-0.2, -0.15) is 13.2 Å². The van der Waals surface area contributed by atoms with Crippen LogP contribution in [0.15, 0.2) is 48.0 Å². The SMILES string of the molecule is COc1ccc(CCC(C)(C)O)cc1C(=O)N[C@@H]1C2CCC(/C2=C/C2CCC2)[C@@H]1C(=O)Nc1ccc(F)c(C(F)(F)F)c1. The van der Waals surface area contributed by atoms with Gasteiger partial charge >= 0.3 is 6.18 Å². The summed E-state index contributed by atoms with van der Waals surface area (Å²) in [6.07, 6.45) is 3.17. The zero-order valence-electron chi connectivity index (χ0n) is 24.6. The van der Waals surface area contributed by atoms with Crippen molar-refractivity contribution in [2.24, 2.45) is 23.7 Å². The number of halogens is 4. The van der Waals surface area contributed by atoms with Crippen molar-refractivity contribution >= 4 is 17.5 Å². The number of aryl methyl sites for hydroxylation is 1. The minimum absolute atomic E-state index is 0.0754. The fraction of sp³-hybridized carbons (Fsp3) is 0.515. The fourth-order valence-electron chi connectivity index (χ4n) is 6.72. The molecule has 0 aromatic heterocycles. The van der Waals surface area contributed by atoms with Crippen LogP contribution in [0, 0.1) is 29.5 Å². The molecule has 3 aliphatic carbocycles. The molecule has 3 N–H and O–H groups in total. The largest absolute Gasteiger partial charge is 0.496 e.